The number of aryl methyl sites for hydroxylation is 2. The van der Waals surface area contributed by atoms with Gasteiger partial charge >= 0.3 is 0 Å². The van der Waals surface area contributed by atoms with E-state index in [0.717, 1.165) is 24.2 Å². The van der Waals surface area contributed by atoms with Crippen molar-refractivity contribution in [1.82, 2.24) is 5.32 Å². The quantitative estimate of drug-likeness (QED) is 0.897. The van der Waals surface area contributed by atoms with Crippen LogP contribution in [0.2, 0.25) is 5.02 Å². The van der Waals surface area contributed by atoms with E-state index in [1.807, 2.05) is 37.3 Å². The van der Waals surface area contributed by atoms with E-state index in [9.17, 15) is 4.79 Å². The topological polar surface area (TPSA) is 38.3 Å². The molecular formula is C19H20ClNO2. The molecule has 1 aliphatic rings. The Bertz CT molecular complexity index is 697. The summed E-state index contributed by atoms with van der Waals surface area (Å²) in [6, 6.07) is 13.5. The highest BCUT2D eigenvalue weighted by Crippen LogP contribution is 2.26. The van der Waals surface area contributed by atoms with Crippen molar-refractivity contribution in [3.8, 4) is 5.75 Å². The van der Waals surface area contributed by atoms with Gasteiger partial charge in [-0.1, -0.05) is 29.8 Å². The Morgan fingerprint density at radius 2 is 1.91 bits per heavy atom. The van der Waals surface area contributed by atoms with Crippen molar-refractivity contribution in [3.05, 3.63) is 64.2 Å². The monoisotopic (exact) mass is 329 g/mol. The van der Waals surface area contributed by atoms with E-state index >= 15 is 0 Å². The highest BCUT2D eigenvalue weighted by Gasteiger charge is 2.13. The molecule has 0 aromatic heterocycles. The number of rotatable bonds is 5. The van der Waals surface area contributed by atoms with Crippen molar-refractivity contribution in [1.29, 1.82) is 0 Å². The standard InChI is InChI=1S/C19H20ClNO2/c1-13(14-5-8-17(20)9-6-14)21-19(22)12-23-18-10-7-15-3-2-4-16(15)11-18/h5-11,13H,2-4,12H2,1H3,(H,21,22). The van der Waals surface area contributed by atoms with E-state index in [1.165, 1.54) is 17.5 Å². The first-order valence-electron chi connectivity index (χ1n) is 7.91. The van der Waals surface area contributed by atoms with Gasteiger partial charge in [0.05, 0.1) is 6.04 Å². The van der Waals surface area contributed by atoms with Crippen molar-refractivity contribution in [2.24, 2.45) is 0 Å². The molecule has 0 fully saturated rings. The van der Waals surface area contributed by atoms with Gasteiger partial charge in [0.15, 0.2) is 6.61 Å². The molecule has 2 aromatic carbocycles. The van der Waals surface area contributed by atoms with Gasteiger partial charge in [0, 0.05) is 5.02 Å². The summed E-state index contributed by atoms with van der Waals surface area (Å²) in [6.45, 7) is 1.97. The predicted molar refractivity (Wildman–Crippen MR) is 92.0 cm³/mol. The highest BCUT2D eigenvalue weighted by molar-refractivity contribution is 6.30. The number of amides is 1. The lowest BCUT2D eigenvalue weighted by Gasteiger charge is -2.15. The number of fused-ring (bicyclic) bond motifs is 1. The third-order valence-corrected chi connectivity index (χ3v) is 4.44. The summed E-state index contributed by atoms with van der Waals surface area (Å²) >= 11 is 5.87. The third-order valence-electron chi connectivity index (χ3n) is 4.19. The Morgan fingerprint density at radius 3 is 2.70 bits per heavy atom. The molecule has 2 aromatic rings. The number of carbonyl (C=O) groups excluding carboxylic acids is 1. The summed E-state index contributed by atoms with van der Waals surface area (Å²) in [5.74, 6) is 0.632. The summed E-state index contributed by atoms with van der Waals surface area (Å²) in [6.07, 6.45) is 3.46. The van der Waals surface area contributed by atoms with Gasteiger partial charge in [-0.2, -0.15) is 0 Å². The summed E-state index contributed by atoms with van der Waals surface area (Å²) < 4.78 is 5.62. The second-order valence-corrected chi connectivity index (χ2v) is 6.35. The maximum atomic E-state index is 12.0. The molecule has 0 saturated heterocycles. The Balaban J connectivity index is 1.52. The first kappa shape index (κ1) is 15.9. The Labute approximate surface area is 141 Å². The van der Waals surface area contributed by atoms with Crippen LogP contribution in [0.4, 0.5) is 0 Å². The van der Waals surface area contributed by atoms with E-state index in [4.69, 9.17) is 16.3 Å². The van der Waals surface area contributed by atoms with Crippen LogP contribution >= 0.6 is 11.6 Å². The summed E-state index contributed by atoms with van der Waals surface area (Å²) in [7, 11) is 0. The normalized spacial score (nSPS) is 14.2. The molecule has 0 saturated carbocycles. The molecule has 1 N–H and O–H groups in total. The largest absolute Gasteiger partial charge is 0.484 e. The number of benzene rings is 2. The minimum Gasteiger partial charge on any atom is -0.484 e. The summed E-state index contributed by atoms with van der Waals surface area (Å²) in [5, 5.41) is 3.62. The molecule has 0 spiro atoms. The van der Waals surface area contributed by atoms with Crippen LogP contribution in [0.1, 0.15) is 36.1 Å². The molecule has 1 aliphatic carbocycles. The van der Waals surface area contributed by atoms with Crippen LogP contribution in [0.3, 0.4) is 0 Å². The van der Waals surface area contributed by atoms with E-state index in [0.29, 0.717) is 5.02 Å². The molecule has 23 heavy (non-hydrogen) atoms. The van der Waals surface area contributed by atoms with Gasteiger partial charge in [0.1, 0.15) is 5.75 Å². The second-order valence-electron chi connectivity index (χ2n) is 5.91. The maximum absolute atomic E-state index is 12.0. The van der Waals surface area contributed by atoms with Crippen molar-refractivity contribution >= 4 is 17.5 Å². The second kappa shape index (κ2) is 7.05. The molecule has 3 rings (SSSR count). The fourth-order valence-corrected chi connectivity index (χ4v) is 3.03. The molecule has 1 atom stereocenters. The highest BCUT2D eigenvalue weighted by atomic mass is 35.5. The number of ether oxygens (including phenoxy) is 1. The zero-order chi connectivity index (χ0) is 16.2. The number of carbonyl (C=O) groups is 1. The van der Waals surface area contributed by atoms with E-state index in [2.05, 4.69) is 17.4 Å². The lowest BCUT2D eigenvalue weighted by molar-refractivity contribution is -0.123. The van der Waals surface area contributed by atoms with Crippen LogP contribution < -0.4 is 10.1 Å². The fourth-order valence-electron chi connectivity index (χ4n) is 2.90. The summed E-state index contributed by atoms with van der Waals surface area (Å²) in [4.78, 5) is 12.0. The number of hydrogen-bond acceptors (Lipinski definition) is 2. The molecule has 120 valence electrons. The number of halogens is 1. The average molecular weight is 330 g/mol. The zero-order valence-electron chi connectivity index (χ0n) is 13.1. The van der Waals surface area contributed by atoms with Crippen LogP contribution in [0, 0.1) is 0 Å². The Kier molecular flexibility index (Phi) is 4.87. The van der Waals surface area contributed by atoms with Crippen LogP contribution in [-0.4, -0.2) is 12.5 Å². The van der Waals surface area contributed by atoms with Crippen molar-refractivity contribution < 1.29 is 9.53 Å². The number of hydrogen-bond donors (Lipinski definition) is 1. The van der Waals surface area contributed by atoms with Gasteiger partial charge in [0.25, 0.3) is 5.91 Å². The minimum absolute atomic E-state index is 0.0245. The Morgan fingerprint density at radius 1 is 1.17 bits per heavy atom. The third kappa shape index (κ3) is 4.05. The van der Waals surface area contributed by atoms with Crippen molar-refractivity contribution in [2.75, 3.05) is 6.61 Å². The lowest BCUT2D eigenvalue weighted by atomic mass is 10.1. The van der Waals surface area contributed by atoms with Gasteiger partial charge in [-0.25, -0.2) is 0 Å². The van der Waals surface area contributed by atoms with Crippen LogP contribution in [0.5, 0.6) is 5.75 Å². The van der Waals surface area contributed by atoms with Crippen molar-refractivity contribution in [2.45, 2.75) is 32.2 Å². The predicted octanol–water partition coefficient (Wildman–Crippen LogP) is 4.08. The fraction of sp³-hybridized carbons (Fsp3) is 0.316. The lowest BCUT2D eigenvalue weighted by Crippen LogP contribution is -2.31. The van der Waals surface area contributed by atoms with E-state index < -0.39 is 0 Å². The smallest absolute Gasteiger partial charge is 0.258 e. The Hall–Kier alpha value is -2.00. The zero-order valence-corrected chi connectivity index (χ0v) is 13.9. The molecule has 0 aliphatic heterocycles. The average Bonchev–Trinajstić information content (AvgIpc) is 3.01. The van der Waals surface area contributed by atoms with Gasteiger partial charge in [-0.05, 0) is 67.1 Å². The van der Waals surface area contributed by atoms with Crippen LogP contribution in [-0.2, 0) is 17.6 Å². The molecule has 1 unspecified atom stereocenters. The van der Waals surface area contributed by atoms with Crippen LogP contribution in [0.25, 0.3) is 0 Å². The van der Waals surface area contributed by atoms with Crippen molar-refractivity contribution in [3.63, 3.8) is 0 Å². The SMILES string of the molecule is CC(NC(=O)COc1ccc2c(c1)CCC2)c1ccc(Cl)cc1. The van der Waals surface area contributed by atoms with E-state index in [1.54, 1.807) is 0 Å². The van der Waals surface area contributed by atoms with Gasteiger partial charge < -0.3 is 10.1 Å². The van der Waals surface area contributed by atoms with Crippen LogP contribution in [0.15, 0.2) is 42.5 Å². The van der Waals surface area contributed by atoms with Gasteiger partial charge in [0.2, 0.25) is 0 Å². The summed E-state index contributed by atoms with van der Waals surface area (Å²) in [5.41, 5.74) is 3.76. The van der Waals surface area contributed by atoms with E-state index in [-0.39, 0.29) is 18.6 Å². The number of nitrogens with one attached hydrogen (secondary N) is 1. The van der Waals surface area contributed by atoms with Gasteiger partial charge in [-0.3, -0.25) is 4.79 Å². The molecular weight excluding hydrogens is 310 g/mol. The molecule has 0 bridgehead atoms. The molecule has 4 heteroatoms. The first-order chi connectivity index (χ1) is 11.1. The molecule has 0 radical (unpaired) electrons. The first-order valence-corrected chi connectivity index (χ1v) is 8.29. The van der Waals surface area contributed by atoms with Gasteiger partial charge in [-0.15, -0.1) is 0 Å². The molecule has 3 nitrogen and oxygen atoms in total. The molecule has 0 heterocycles. The maximum Gasteiger partial charge on any atom is 0.258 e. The minimum atomic E-state index is -0.132. The molecule has 1 amide bonds.